The Kier molecular flexibility index (Phi) is 5.12. The van der Waals surface area contributed by atoms with Gasteiger partial charge in [0.15, 0.2) is 0 Å². The first-order chi connectivity index (χ1) is 10.8. The summed E-state index contributed by atoms with van der Waals surface area (Å²) in [4.78, 5) is 24.3. The summed E-state index contributed by atoms with van der Waals surface area (Å²) >= 11 is 0. The van der Waals surface area contributed by atoms with E-state index in [1.54, 1.807) is 24.3 Å². The van der Waals surface area contributed by atoms with Crippen molar-refractivity contribution < 1.29 is 27.5 Å². The number of rotatable bonds is 5. The van der Waals surface area contributed by atoms with Crippen LogP contribution in [0.25, 0.3) is 0 Å². The second kappa shape index (κ2) is 6.89. The molecular formula is C15H17F3N2O3. The van der Waals surface area contributed by atoms with Gasteiger partial charge >= 0.3 is 6.18 Å². The summed E-state index contributed by atoms with van der Waals surface area (Å²) in [6.07, 6.45) is -4.65. The molecule has 0 aromatic heterocycles. The van der Waals surface area contributed by atoms with E-state index in [2.05, 4.69) is 5.32 Å². The van der Waals surface area contributed by atoms with Gasteiger partial charge in [0.05, 0.1) is 13.0 Å². The van der Waals surface area contributed by atoms with E-state index >= 15 is 0 Å². The van der Waals surface area contributed by atoms with Crippen LogP contribution in [0.2, 0.25) is 0 Å². The predicted octanol–water partition coefficient (Wildman–Crippen LogP) is 1.72. The maximum Gasteiger partial charge on any atom is 0.406 e. The lowest BCUT2D eigenvalue weighted by Gasteiger charge is -2.18. The molecule has 1 saturated heterocycles. The van der Waals surface area contributed by atoms with Gasteiger partial charge in [-0.2, -0.15) is 13.2 Å². The molecule has 1 fully saturated rings. The molecular weight excluding hydrogens is 313 g/mol. The van der Waals surface area contributed by atoms with E-state index in [1.807, 2.05) is 0 Å². The molecule has 0 saturated carbocycles. The summed E-state index contributed by atoms with van der Waals surface area (Å²) in [5, 5.41) is 2.64. The smallest absolute Gasteiger partial charge is 0.406 e. The van der Waals surface area contributed by atoms with Gasteiger partial charge in [-0.3, -0.25) is 9.59 Å². The minimum Gasteiger partial charge on any atom is -0.497 e. The number of carbonyl (C=O) groups is 2. The Morgan fingerprint density at radius 3 is 2.83 bits per heavy atom. The lowest BCUT2D eigenvalue weighted by Crippen LogP contribution is -2.37. The van der Waals surface area contributed by atoms with Crippen molar-refractivity contribution in [1.82, 2.24) is 10.2 Å². The lowest BCUT2D eigenvalue weighted by atomic mass is 10.1. The van der Waals surface area contributed by atoms with Gasteiger partial charge in [-0.05, 0) is 17.7 Å². The van der Waals surface area contributed by atoms with Crippen LogP contribution in [0.1, 0.15) is 12.0 Å². The van der Waals surface area contributed by atoms with Crippen LogP contribution in [0.15, 0.2) is 24.3 Å². The van der Waals surface area contributed by atoms with Crippen molar-refractivity contribution in [3.8, 4) is 5.75 Å². The van der Waals surface area contributed by atoms with Crippen molar-refractivity contribution in [3.05, 3.63) is 29.8 Å². The molecule has 1 aliphatic heterocycles. The molecule has 0 spiro atoms. The van der Waals surface area contributed by atoms with Gasteiger partial charge in [0, 0.05) is 19.5 Å². The molecule has 1 atom stereocenters. The fourth-order valence-electron chi connectivity index (χ4n) is 2.43. The van der Waals surface area contributed by atoms with Gasteiger partial charge in [-0.15, -0.1) is 0 Å². The topological polar surface area (TPSA) is 58.6 Å². The first-order valence-electron chi connectivity index (χ1n) is 7.03. The van der Waals surface area contributed by atoms with Crippen molar-refractivity contribution in [2.24, 2.45) is 5.92 Å². The van der Waals surface area contributed by atoms with E-state index in [9.17, 15) is 22.8 Å². The zero-order valence-corrected chi connectivity index (χ0v) is 12.5. The van der Waals surface area contributed by atoms with Crippen molar-refractivity contribution in [3.63, 3.8) is 0 Å². The fourth-order valence-corrected chi connectivity index (χ4v) is 2.43. The number of alkyl halides is 3. The Hall–Kier alpha value is -2.25. The van der Waals surface area contributed by atoms with E-state index in [1.165, 1.54) is 7.11 Å². The maximum atomic E-state index is 12.3. The van der Waals surface area contributed by atoms with Crippen molar-refractivity contribution in [2.45, 2.75) is 19.1 Å². The summed E-state index contributed by atoms with van der Waals surface area (Å²) < 4.78 is 42.1. The number of hydrogen-bond donors (Lipinski definition) is 1. The van der Waals surface area contributed by atoms with Gasteiger partial charge in [-0.1, -0.05) is 12.1 Å². The molecule has 5 nitrogen and oxygen atoms in total. The van der Waals surface area contributed by atoms with E-state index in [4.69, 9.17) is 4.74 Å². The van der Waals surface area contributed by atoms with Crippen LogP contribution in [0.4, 0.5) is 13.2 Å². The number of likely N-dealkylation sites (tertiary alicyclic amines) is 1. The predicted molar refractivity (Wildman–Crippen MR) is 75.6 cm³/mol. The molecule has 0 unspecified atom stereocenters. The molecule has 0 aliphatic carbocycles. The highest BCUT2D eigenvalue weighted by molar-refractivity contribution is 5.89. The number of amides is 2. The molecule has 1 aliphatic rings. The largest absolute Gasteiger partial charge is 0.497 e. The number of halogens is 3. The number of ether oxygens (including phenoxy) is 1. The van der Waals surface area contributed by atoms with Crippen molar-refractivity contribution >= 4 is 11.8 Å². The van der Waals surface area contributed by atoms with Gasteiger partial charge in [0.25, 0.3) is 0 Å². The molecule has 0 bridgehead atoms. The summed E-state index contributed by atoms with van der Waals surface area (Å²) in [5.41, 5.74) is 0.800. The number of methoxy groups -OCH3 is 1. The monoisotopic (exact) mass is 330 g/mol. The van der Waals surface area contributed by atoms with Crippen LogP contribution in [0.3, 0.4) is 0 Å². The average molecular weight is 330 g/mol. The lowest BCUT2D eigenvalue weighted by molar-refractivity contribution is -0.157. The third-order valence-corrected chi connectivity index (χ3v) is 3.56. The third-order valence-electron chi connectivity index (χ3n) is 3.56. The fraction of sp³-hybridized carbons (Fsp3) is 0.467. The van der Waals surface area contributed by atoms with Crippen LogP contribution in [-0.2, 0) is 16.1 Å². The third kappa shape index (κ3) is 4.87. The quantitative estimate of drug-likeness (QED) is 0.894. The molecule has 1 aromatic rings. The Morgan fingerprint density at radius 2 is 2.17 bits per heavy atom. The minimum atomic E-state index is -4.46. The number of nitrogens with one attached hydrogen (secondary N) is 1. The highest BCUT2D eigenvalue weighted by Crippen LogP contribution is 2.24. The zero-order valence-electron chi connectivity index (χ0n) is 12.5. The van der Waals surface area contributed by atoms with E-state index in [0.29, 0.717) is 10.6 Å². The van der Waals surface area contributed by atoms with Gasteiger partial charge in [0.1, 0.15) is 12.3 Å². The summed E-state index contributed by atoms with van der Waals surface area (Å²) in [6.45, 7) is -1.30. The minimum absolute atomic E-state index is 0.194. The van der Waals surface area contributed by atoms with Gasteiger partial charge in [0.2, 0.25) is 11.8 Å². The van der Waals surface area contributed by atoms with Crippen LogP contribution in [0, 0.1) is 5.92 Å². The van der Waals surface area contributed by atoms with Gasteiger partial charge < -0.3 is 15.0 Å². The molecule has 2 amide bonds. The van der Waals surface area contributed by atoms with Gasteiger partial charge in [-0.25, -0.2) is 0 Å². The normalized spacial score (nSPS) is 18.2. The summed E-state index contributed by atoms with van der Waals surface area (Å²) in [5.74, 6) is -1.19. The van der Waals surface area contributed by atoms with Crippen molar-refractivity contribution in [2.75, 3.05) is 20.2 Å². The summed E-state index contributed by atoms with van der Waals surface area (Å²) in [7, 11) is 1.52. The highest BCUT2D eigenvalue weighted by Gasteiger charge is 2.40. The van der Waals surface area contributed by atoms with E-state index in [0.717, 1.165) is 5.56 Å². The first-order valence-corrected chi connectivity index (χ1v) is 7.03. The molecule has 1 N–H and O–H groups in total. The maximum absolute atomic E-state index is 12.3. The van der Waals surface area contributed by atoms with Crippen LogP contribution in [-0.4, -0.2) is 43.1 Å². The van der Waals surface area contributed by atoms with Crippen LogP contribution >= 0.6 is 0 Å². The number of hydrogen-bond acceptors (Lipinski definition) is 3. The second-order valence-corrected chi connectivity index (χ2v) is 5.36. The molecule has 1 aromatic carbocycles. The molecule has 126 valence electrons. The van der Waals surface area contributed by atoms with E-state index < -0.39 is 30.5 Å². The molecule has 1 heterocycles. The van der Waals surface area contributed by atoms with Crippen LogP contribution < -0.4 is 10.1 Å². The number of carbonyl (C=O) groups excluding carboxylic acids is 2. The Morgan fingerprint density at radius 1 is 1.43 bits per heavy atom. The first kappa shape index (κ1) is 17.1. The highest BCUT2D eigenvalue weighted by atomic mass is 19.4. The number of nitrogens with zero attached hydrogens (tertiary/aromatic N) is 1. The molecule has 8 heteroatoms. The van der Waals surface area contributed by atoms with Crippen LogP contribution in [0.5, 0.6) is 5.75 Å². The van der Waals surface area contributed by atoms with Crippen molar-refractivity contribution in [1.29, 1.82) is 0 Å². The molecule has 2 rings (SSSR count). The zero-order chi connectivity index (χ0) is 17.0. The number of benzene rings is 1. The average Bonchev–Trinajstić information content (AvgIpc) is 2.84. The Bertz CT molecular complexity index is 590. The SMILES string of the molecule is COc1cccc(CNC(=O)[C@@H]2CC(=O)N(CC(F)(F)F)C2)c1. The molecule has 23 heavy (non-hydrogen) atoms. The Balaban J connectivity index is 1.88. The second-order valence-electron chi connectivity index (χ2n) is 5.36. The van der Waals surface area contributed by atoms with E-state index in [-0.39, 0.29) is 19.5 Å². The summed E-state index contributed by atoms with van der Waals surface area (Å²) in [6, 6.07) is 7.06. The Labute approximate surface area is 131 Å². The standard InChI is InChI=1S/C15H17F3N2O3/c1-23-12-4-2-3-10(5-12)7-19-14(22)11-6-13(21)20(8-11)9-15(16,17)18/h2-5,11H,6-9H2,1H3,(H,19,22)/t11-/m1/s1. The molecule has 0 radical (unpaired) electrons.